The van der Waals surface area contributed by atoms with Crippen molar-refractivity contribution in [3.05, 3.63) is 0 Å². The number of hydrogen-bond acceptors (Lipinski definition) is 2. The Bertz CT molecular complexity index is 271. The van der Waals surface area contributed by atoms with E-state index < -0.39 is 0 Å². The van der Waals surface area contributed by atoms with E-state index >= 15 is 0 Å². The molecule has 2 nitrogen and oxygen atoms in total. The smallest absolute Gasteiger partial charge is 0.308 e. The van der Waals surface area contributed by atoms with E-state index in [0.29, 0.717) is 6.61 Å². The zero-order valence-electron chi connectivity index (χ0n) is 16.5. The van der Waals surface area contributed by atoms with Crippen LogP contribution < -0.4 is 0 Å². The van der Waals surface area contributed by atoms with Crippen LogP contribution in [0.2, 0.25) is 0 Å². The van der Waals surface area contributed by atoms with E-state index in [4.69, 9.17) is 4.74 Å². The Balaban J connectivity index is 3.23. The molecule has 138 valence electrons. The molecule has 0 aliphatic carbocycles. The SMILES string of the molecule is CC(C)CCCC(C)CCCCCCCCCOC(=O)C(C)C. The highest BCUT2D eigenvalue weighted by atomic mass is 16.5. The summed E-state index contributed by atoms with van der Waals surface area (Å²) in [6, 6.07) is 0. The van der Waals surface area contributed by atoms with E-state index in [-0.39, 0.29) is 11.9 Å². The van der Waals surface area contributed by atoms with Crippen LogP contribution >= 0.6 is 0 Å². The summed E-state index contributed by atoms with van der Waals surface area (Å²) in [5.41, 5.74) is 0. The fourth-order valence-electron chi connectivity index (χ4n) is 2.84. The highest BCUT2D eigenvalue weighted by molar-refractivity contribution is 5.71. The van der Waals surface area contributed by atoms with Crippen molar-refractivity contribution >= 4 is 5.97 Å². The van der Waals surface area contributed by atoms with Gasteiger partial charge in [0.05, 0.1) is 12.5 Å². The van der Waals surface area contributed by atoms with E-state index in [1.807, 2.05) is 13.8 Å². The molecule has 0 aliphatic heterocycles. The van der Waals surface area contributed by atoms with Crippen molar-refractivity contribution in [3.8, 4) is 0 Å². The molecule has 0 heterocycles. The average molecular weight is 327 g/mol. The topological polar surface area (TPSA) is 26.3 Å². The normalized spacial score (nSPS) is 12.8. The van der Waals surface area contributed by atoms with Gasteiger partial charge in [0, 0.05) is 0 Å². The quantitative estimate of drug-likeness (QED) is 0.245. The Kier molecular flexibility index (Phi) is 14.7. The Labute approximate surface area is 145 Å². The van der Waals surface area contributed by atoms with Crippen molar-refractivity contribution in [2.24, 2.45) is 17.8 Å². The molecule has 0 aromatic heterocycles. The minimum absolute atomic E-state index is 0.00256. The predicted molar refractivity (Wildman–Crippen MR) is 101 cm³/mol. The number of hydrogen-bond donors (Lipinski definition) is 0. The van der Waals surface area contributed by atoms with Gasteiger partial charge in [-0.3, -0.25) is 4.79 Å². The second-order valence-corrected chi connectivity index (χ2v) is 8.02. The van der Waals surface area contributed by atoms with Gasteiger partial charge >= 0.3 is 5.97 Å². The fourth-order valence-corrected chi connectivity index (χ4v) is 2.84. The summed E-state index contributed by atoms with van der Waals surface area (Å²) in [6.07, 6.45) is 14.6. The van der Waals surface area contributed by atoms with Crippen LogP contribution in [-0.4, -0.2) is 12.6 Å². The molecule has 0 fully saturated rings. The lowest BCUT2D eigenvalue weighted by Gasteiger charge is -2.12. The molecule has 23 heavy (non-hydrogen) atoms. The van der Waals surface area contributed by atoms with Crippen LogP contribution in [0.1, 0.15) is 105 Å². The second kappa shape index (κ2) is 15.0. The number of unbranched alkanes of at least 4 members (excludes halogenated alkanes) is 6. The van der Waals surface area contributed by atoms with Crippen LogP contribution in [0.3, 0.4) is 0 Å². The summed E-state index contributed by atoms with van der Waals surface area (Å²) in [4.78, 5) is 11.3. The Morgan fingerprint density at radius 3 is 1.78 bits per heavy atom. The van der Waals surface area contributed by atoms with Gasteiger partial charge in [-0.25, -0.2) is 0 Å². The van der Waals surface area contributed by atoms with Crippen LogP contribution in [0.4, 0.5) is 0 Å². The maximum atomic E-state index is 11.3. The molecule has 1 atom stereocenters. The standard InChI is InChI=1S/C21H42O2/c1-18(2)14-13-16-20(5)15-11-9-7-6-8-10-12-17-23-21(22)19(3)4/h18-20H,6-17H2,1-5H3. The Morgan fingerprint density at radius 1 is 0.696 bits per heavy atom. The second-order valence-electron chi connectivity index (χ2n) is 8.02. The van der Waals surface area contributed by atoms with Crippen molar-refractivity contribution in [2.45, 2.75) is 105 Å². The molecular weight excluding hydrogens is 284 g/mol. The van der Waals surface area contributed by atoms with Gasteiger partial charge in [-0.1, -0.05) is 98.8 Å². The lowest BCUT2D eigenvalue weighted by atomic mass is 9.95. The van der Waals surface area contributed by atoms with Gasteiger partial charge in [-0.2, -0.15) is 0 Å². The molecule has 0 spiro atoms. The van der Waals surface area contributed by atoms with Crippen LogP contribution in [-0.2, 0) is 9.53 Å². The Morgan fingerprint density at radius 2 is 1.22 bits per heavy atom. The summed E-state index contributed by atoms with van der Waals surface area (Å²) >= 11 is 0. The third-order valence-corrected chi connectivity index (χ3v) is 4.54. The molecule has 0 saturated carbocycles. The minimum Gasteiger partial charge on any atom is -0.465 e. The van der Waals surface area contributed by atoms with Gasteiger partial charge in [-0.05, 0) is 18.3 Å². The third kappa shape index (κ3) is 16.1. The summed E-state index contributed by atoms with van der Waals surface area (Å²) in [6.45, 7) is 11.4. The van der Waals surface area contributed by atoms with Gasteiger partial charge in [0.25, 0.3) is 0 Å². The van der Waals surface area contributed by atoms with Crippen molar-refractivity contribution in [1.29, 1.82) is 0 Å². The molecule has 0 N–H and O–H groups in total. The molecule has 2 heteroatoms. The zero-order chi connectivity index (χ0) is 17.5. The molecular formula is C21H42O2. The predicted octanol–water partition coefficient (Wildman–Crippen LogP) is 6.77. The summed E-state index contributed by atoms with van der Waals surface area (Å²) in [7, 11) is 0. The van der Waals surface area contributed by atoms with Crippen molar-refractivity contribution in [1.82, 2.24) is 0 Å². The molecule has 0 bridgehead atoms. The first-order valence-electron chi connectivity index (χ1n) is 10.1. The Hall–Kier alpha value is -0.530. The van der Waals surface area contributed by atoms with E-state index in [9.17, 15) is 4.79 Å². The first-order valence-corrected chi connectivity index (χ1v) is 10.1. The maximum Gasteiger partial charge on any atom is 0.308 e. The molecule has 0 rings (SSSR count). The molecule has 0 aromatic carbocycles. The van der Waals surface area contributed by atoms with Crippen LogP contribution in [0.25, 0.3) is 0 Å². The van der Waals surface area contributed by atoms with Gasteiger partial charge in [-0.15, -0.1) is 0 Å². The molecule has 0 saturated heterocycles. The highest BCUT2D eigenvalue weighted by Gasteiger charge is 2.07. The average Bonchev–Trinajstić information content (AvgIpc) is 2.48. The first-order chi connectivity index (χ1) is 10.9. The van der Waals surface area contributed by atoms with E-state index in [0.717, 1.165) is 18.3 Å². The molecule has 0 amide bonds. The van der Waals surface area contributed by atoms with Gasteiger partial charge in [0.1, 0.15) is 0 Å². The fraction of sp³-hybridized carbons (Fsp3) is 0.952. The summed E-state index contributed by atoms with van der Waals surface area (Å²) < 4.78 is 5.18. The van der Waals surface area contributed by atoms with E-state index in [1.165, 1.54) is 64.2 Å². The zero-order valence-corrected chi connectivity index (χ0v) is 16.5. The third-order valence-electron chi connectivity index (χ3n) is 4.54. The number of esters is 1. The van der Waals surface area contributed by atoms with Gasteiger partial charge in [0.2, 0.25) is 0 Å². The summed E-state index contributed by atoms with van der Waals surface area (Å²) in [5, 5.41) is 0. The van der Waals surface area contributed by atoms with Gasteiger partial charge < -0.3 is 4.74 Å². The lowest BCUT2D eigenvalue weighted by Crippen LogP contribution is -2.12. The van der Waals surface area contributed by atoms with Crippen molar-refractivity contribution in [2.75, 3.05) is 6.61 Å². The monoisotopic (exact) mass is 326 g/mol. The molecule has 0 aliphatic rings. The minimum atomic E-state index is -0.0625. The number of carbonyl (C=O) groups is 1. The van der Waals surface area contributed by atoms with Crippen molar-refractivity contribution < 1.29 is 9.53 Å². The maximum absolute atomic E-state index is 11.3. The van der Waals surface area contributed by atoms with Crippen LogP contribution in [0, 0.1) is 17.8 Å². The number of ether oxygens (including phenoxy) is 1. The molecule has 1 unspecified atom stereocenters. The van der Waals surface area contributed by atoms with E-state index in [1.54, 1.807) is 0 Å². The van der Waals surface area contributed by atoms with E-state index in [2.05, 4.69) is 20.8 Å². The van der Waals surface area contributed by atoms with Gasteiger partial charge in [0.15, 0.2) is 0 Å². The number of rotatable bonds is 15. The molecule has 0 aromatic rings. The number of carbonyl (C=O) groups excluding carboxylic acids is 1. The van der Waals surface area contributed by atoms with Crippen molar-refractivity contribution in [3.63, 3.8) is 0 Å². The summed E-state index contributed by atoms with van der Waals surface area (Å²) in [5.74, 6) is 1.70. The highest BCUT2D eigenvalue weighted by Crippen LogP contribution is 2.18. The molecule has 0 radical (unpaired) electrons. The van der Waals surface area contributed by atoms with Crippen LogP contribution in [0.15, 0.2) is 0 Å². The van der Waals surface area contributed by atoms with Crippen LogP contribution in [0.5, 0.6) is 0 Å². The lowest BCUT2D eigenvalue weighted by molar-refractivity contribution is -0.147. The first kappa shape index (κ1) is 22.5. The largest absolute Gasteiger partial charge is 0.465 e.